The van der Waals surface area contributed by atoms with Crippen molar-refractivity contribution in [2.45, 2.75) is 39.3 Å². The monoisotopic (exact) mass is 340 g/mol. The molecular formula is C21H28N2O2. The average Bonchev–Trinajstić information content (AvgIpc) is 2.66. The first kappa shape index (κ1) is 18.8. The van der Waals surface area contributed by atoms with Crippen LogP contribution >= 0.6 is 0 Å². The number of carbonyl (C=O) groups excluding carboxylic acids is 1. The van der Waals surface area contributed by atoms with Crippen LogP contribution in [0.4, 0.5) is 5.69 Å². The van der Waals surface area contributed by atoms with Gasteiger partial charge in [0.15, 0.2) is 0 Å². The molecule has 1 N–H and O–H groups in total. The molecule has 0 radical (unpaired) electrons. The van der Waals surface area contributed by atoms with Crippen LogP contribution in [-0.4, -0.2) is 25.6 Å². The lowest BCUT2D eigenvalue weighted by Gasteiger charge is -2.26. The molecule has 4 heteroatoms. The lowest BCUT2D eigenvalue weighted by atomic mass is 10.1. The molecule has 134 valence electrons. The second kappa shape index (κ2) is 9.72. The summed E-state index contributed by atoms with van der Waals surface area (Å²) in [5, 5.41) is 3.12. The van der Waals surface area contributed by atoms with Crippen LogP contribution in [0.15, 0.2) is 54.6 Å². The molecule has 4 nitrogen and oxygen atoms in total. The minimum Gasteiger partial charge on any atom is -0.497 e. The van der Waals surface area contributed by atoms with E-state index in [4.69, 9.17) is 4.74 Å². The van der Waals surface area contributed by atoms with E-state index in [1.54, 1.807) is 7.11 Å². The van der Waals surface area contributed by atoms with Gasteiger partial charge in [-0.1, -0.05) is 44.2 Å². The van der Waals surface area contributed by atoms with Gasteiger partial charge in [-0.05, 0) is 42.7 Å². The van der Waals surface area contributed by atoms with Crippen LogP contribution in [0.2, 0.25) is 0 Å². The van der Waals surface area contributed by atoms with E-state index in [1.807, 2.05) is 42.5 Å². The molecule has 1 amide bonds. The van der Waals surface area contributed by atoms with Gasteiger partial charge in [-0.25, -0.2) is 0 Å². The highest BCUT2D eigenvalue weighted by Gasteiger charge is 2.15. The molecule has 0 heterocycles. The molecule has 0 aromatic heterocycles. The van der Waals surface area contributed by atoms with Crippen molar-refractivity contribution in [1.29, 1.82) is 0 Å². The van der Waals surface area contributed by atoms with Gasteiger partial charge in [0.05, 0.1) is 13.7 Å². The van der Waals surface area contributed by atoms with Crippen molar-refractivity contribution < 1.29 is 9.53 Å². The first-order valence-electron chi connectivity index (χ1n) is 8.88. The van der Waals surface area contributed by atoms with Gasteiger partial charge in [-0.3, -0.25) is 4.79 Å². The number of hydrogen-bond acceptors (Lipinski definition) is 3. The zero-order valence-electron chi connectivity index (χ0n) is 15.4. The Morgan fingerprint density at radius 1 is 1.04 bits per heavy atom. The fourth-order valence-electron chi connectivity index (χ4n) is 2.77. The predicted octanol–water partition coefficient (Wildman–Crippen LogP) is 4.01. The highest BCUT2D eigenvalue weighted by Crippen LogP contribution is 2.21. The van der Waals surface area contributed by atoms with Gasteiger partial charge in [0, 0.05) is 18.3 Å². The average molecular weight is 340 g/mol. The minimum atomic E-state index is 0.0560. The Morgan fingerprint density at radius 3 is 2.24 bits per heavy atom. The third kappa shape index (κ3) is 5.82. The molecule has 2 aromatic rings. The molecule has 0 aliphatic carbocycles. The fourth-order valence-corrected chi connectivity index (χ4v) is 2.77. The Balaban J connectivity index is 2.14. The van der Waals surface area contributed by atoms with Gasteiger partial charge in [0.25, 0.3) is 0 Å². The van der Waals surface area contributed by atoms with Crippen LogP contribution in [0.25, 0.3) is 0 Å². The topological polar surface area (TPSA) is 41.6 Å². The number of hydrogen-bond donors (Lipinski definition) is 1. The van der Waals surface area contributed by atoms with Crippen molar-refractivity contribution >= 4 is 11.6 Å². The summed E-state index contributed by atoms with van der Waals surface area (Å²) in [6.45, 7) is 5.21. The lowest BCUT2D eigenvalue weighted by molar-refractivity contribution is -0.120. The van der Waals surface area contributed by atoms with Gasteiger partial charge < -0.3 is 15.0 Å². The largest absolute Gasteiger partial charge is 0.497 e. The SMILES string of the molecule is CCC(CC)NC(=O)CN(Cc1ccccc1)c1ccc(OC)cc1. The van der Waals surface area contributed by atoms with E-state index in [0.717, 1.165) is 24.3 Å². The summed E-state index contributed by atoms with van der Waals surface area (Å²) >= 11 is 0. The normalized spacial score (nSPS) is 10.6. The van der Waals surface area contributed by atoms with Crippen molar-refractivity contribution in [3.63, 3.8) is 0 Å². The minimum absolute atomic E-state index is 0.0560. The number of ether oxygens (including phenoxy) is 1. The summed E-state index contributed by atoms with van der Waals surface area (Å²) in [5.41, 5.74) is 2.18. The Labute approximate surface area is 150 Å². The summed E-state index contributed by atoms with van der Waals surface area (Å²) in [6.07, 6.45) is 1.90. The summed E-state index contributed by atoms with van der Waals surface area (Å²) in [6, 6.07) is 18.3. The molecule has 0 unspecified atom stereocenters. The number of methoxy groups -OCH3 is 1. The summed E-state index contributed by atoms with van der Waals surface area (Å²) in [7, 11) is 1.65. The maximum absolute atomic E-state index is 12.5. The quantitative estimate of drug-likeness (QED) is 0.750. The summed E-state index contributed by atoms with van der Waals surface area (Å²) < 4.78 is 5.23. The Morgan fingerprint density at radius 2 is 1.68 bits per heavy atom. The fraction of sp³-hybridized carbons (Fsp3) is 0.381. The lowest BCUT2D eigenvalue weighted by Crippen LogP contribution is -2.41. The molecule has 0 spiro atoms. The first-order valence-corrected chi connectivity index (χ1v) is 8.88. The molecule has 2 aromatic carbocycles. The van der Waals surface area contributed by atoms with Crippen molar-refractivity contribution in [3.8, 4) is 5.75 Å². The summed E-state index contributed by atoms with van der Waals surface area (Å²) in [4.78, 5) is 14.6. The Hall–Kier alpha value is -2.49. The van der Waals surface area contributed by atoms with Gasteiger partial charge in [0.1, 0.15) is 5.75 Å². The van der Waals surface area contributed by atoms with Crippen molar-refractivity contribution in [2.75, 3.05) is 18.6 Å². The van der Waals surface area contributed by atoms with Gasteiger partial charge in [-0.2, -0.15) is 0 Å². The summed E-state index contributed by atoms with van der Waals surface area (Å²) in [5.74, 6) is 0.866. The van der Waals surface area contributed by atoms with E-state index in [0.29, 0.717) is 13.1 Å². The van der Waals surface area contributed by atoms with Crippen LogP contribution in [-0.2, 0) is 11.3 Å². The molecule has 0 saturated heterocycles. The highest BCUT2D eigenvalue weighted by atomic mass is 16.5. The Bertz CT molecular complexity index is 637. The van der Waals surface area contributed by atoms with Gasteiger partial charge in [-0.15, -0.1) is 0 Å². The van der Waals surface area contributed by atoms with Crippen molar-refractivity contribution in [3.05, 3.63) is 60.2 Å². The van der Waals surface area contributed by atoms with E-state index < -0.39 is 0 Å². The third-order valence-corrected chi connectivity index (χ3v) is 4.34. The number of amides is 1. The number of nitrogens with zero attached hydrogens (tertiary/aromatic N) is 1. The maximum Gasteiger partial charge on any atom is 0.239 e. The smallest absolute Gasteiger partial charge is 0.239 e. The van der Waals surface area contributed by atoms with Crippen LogP contribution in [0.1, 0.15) is 32.3 Å². The van der Waals surface area contributed by atoms with E-state index in [1.165, 1.54) is 5.56 Å². The van der Waals surface area contributed by atoms with Crippen LogP contribution in [0.3, 0.4) is 0 Å². The van der Waals surface area contributed by atoms with E-state index in [2.05, 4.69) is 36.2 Å². The molecule has 0 bridgehead atoms. The predicted molar refractivity (Wildman–Crippen MR) is 103 cm³/mol. The van der Waals surface area contributed by atoms with Gasteiger partial charge >= 0.3 is 0 Å². The molecular weight excluding hydrogens is 312 g/mol. The number of rotatable bonds is 9. The molecule has 25 heavy (non-hydrogen) atoms. The Kier molecular flexibility index (Phi) is 7.33. The van der Waals surface area contributed by atoms with Crippen LogP contribution in [0.5, 0.6) is 5.75 Å². The number of carbonyl (C=O) groups is 1. The zero-order valence-corrected chi connectivity index (χ0v) is 15.4. The third-order valence-electron chi connectivity index (χ3n) is 4.34. The molecule has 0 saturated carbocycles. The van der Waals surface area contributed by atoms with Crippen molar-refractivity contribution in [1.82, 2.24) is 5.32 Å². The first-order chi connectivity index (χ1) is 12.2. The molecule has 0 aliphatic heterocycles. The number of nitrogens with one attached hydrogen (secondary N) is 1. The molecule has 0 aliphatic rings. The number of benzene rings is 2. The van der Waals surface area contributed by atoms with Gasteiger partial charge in [0.2, 0.25) is 5.91 Å². The maximum atomic E-state index is 12.5. The standard InChI is InChI=1S/C21H28N2O2/c1-4-18(5-2)22-21(24)16-23(15-17-9-7-6-8-10-17)19-11-13-20(25-3)14-12-19/h6-14,18H,4-5,15-16H2,1-3H3,(H,22,24). The molecule has 0 atom stereocenters. The number of anilines is 1. The van der Waals surface area contributed by atoms with Crippen LogP contribution < -0.4 is 15.0 Å². The zero-order chi connectivity index (χ0) is 18.1. The van der Waals surface area contributed by atoms with Crippen molar-refractivity contribution in [2.24, 2.45) is 0 Å². The van der Waals surface area contributed by atoms with E-state index in [-0.39, 0.29) is 11.9 Å². The van der Waals surface area contributed by atoms with Crippen LogP contribution in [0, 0.1) is 0 Å². The second-order valence-corrected chi connectivity index (χ2v) is 6.12. The van der Waals surface area contributed by atoms with E-state index in [9.17, 15) is 4.79 Å². The highest BCUT2D eigenvalue weighted by molar-refractivity contribution is 5.81. The molecule has 2 rings (SSSR count). The molecule has 0 fully saturated rings. The second-order valence-electron chi connectivity index (χ2n) is 6.12. The van der Waals surface area contributed by atoms with E-state index >= 15 is 0 Å².